The van der Waals surface area contributed by atoms with Gasteiger partial charge in [0.05, 0.1) is 11.1 Å². The van der Waals surface area contributed by atoms with Crippen LogP contribution in [-0.4, -0.2) is 42.1 Å². The third-order valence-corrected chi connectivity index (χ3v) is 4.84. The van der Waals surface area contributed by atoms with Gasteiger partial charge in [-0.15, -0.1) is 0 Å². The highest BCUT2D eigenvalue weighted by Gasteiger charge is 2.33. The Labute approximate surface area is 155 Å². The second kappa shape index (κ2) is 6.35. The summed E-state index contributed by atoms with van der Waals surface area (Å²) in [6, 6.07) is 11.5. The van der Waals surface area contributed by atoms with Gasteiger partial charge >= 0.3 is 0 Å². The lowest BCUT2D eigenvalue weighted by Crippen LogP contribution is -2.24. The number of imide groups is 1. The minimum absolute atomic E-state index is 0.0735. The molecule has 1 fully saturated rings. The summed E-state index contributed by atoms with van der Waals surface area (Å²) in [5, 5.41) is 2.78. The van der Waals surface area contributed by atoms with E-state index >= 15 is 0 Å². The van der Waals surface area contributed by atoms with Crippen LogP contribution in [0.3, 0.4) is 0 Å². The average molecular weight is 363 g/mol. The van der Waals surface area contributed by atoms with Gasteiger partial charge in [0.1, 0.15) is 0 Å². The summed E-state index contributed by atoms with van der Waals surface area (Å²) >= 11 is 0. The zero-order chi connectivity index (χ0) is 19.1. The fourth-order valence-electron chi connectivity index (χ4n) is 3.38. The summed E-state index contributed by atoms with van der Waals surface area (Å²) in [5.74, 6) is -1.11. The monoisotopic (exact) mass is 363 g/mol. The lowest BCUT2D eigenvalue weighted by Gasteiger charge is -2.16. The summed E-state index contributed by atoms with van der Waals surface area (Å²) in [7, 11) is 1.41. The smallest absolute Gasteiger partial charge is 0.261 e. The summed E-state index contributed by atoms with van der Waals surface area (Å²) in [5.41, 5.74) is 2.11. The zero-order valence-corrected chi connectivity index (χ0v) is 14.7. The molecule has 0 saturated carbocycles. The Bertz CT molecular complexity index is 998. The van der Waals surface area contributed by atoms with Crippen LogP contribution < -0.4 is 10.2 Å². The van der Waals surface area contributed by atoms with Crippen molar-refractivity contribution in [2.75, 3.05) is 23.8 Å². The van der Waals surface area contributed by atoms with Crippen LogP contribution in [0.5, 0.6) is 0 Å². The number of hydrogen-bond donors (Lipinski definition) is 1. The number of rotatable bonds is 3. The number of amides is 4. The molecule has 1 N–H and O–H groups in total. The van der Waals surface area contributed by atoms with Gasteiger partial charge in [-0.2, -0.15) is 0 Å². The average Bonchev–Trinajstić information content (AvgIpc) is 3.19. The first-order valence-electron chi connectivity index (χ1n) is 8.64. The predicted molar refractivity (Wildman–Crippen MR) is 98.8 cm³/mol. The largest absolute Gasteiger partial charge is 0.322 e. The number of anilines is 2. The van der Waals surface area contributed by atoms with Gasteiger partial charge in [-0.1, -0.05) is 6.07 Å². The molecule has 0 radical (unpaired) electrons. The predicted octanol–water partition coefficient (Wildman–Crippen LogP) is 2.29. The van der Waals surface area contributed by atoms with Gasteiger partial charge in [-0.05, 0) is 42.8 Å². The highest BCUT2D eigenvalue weighted by atomic mass is 16.2. The van der Waals surface area contributed by atoms with E-state index < -0.39 is 11.8 Å². The molecule has 4 rings (SSSR count). The maximum atomic E-state index is 12.6. The van der Waals surface area contributed by atoms with Gasteiger partial charge in [-0.25, -0.2) is 0 Å². The minimum Gasteiger partial charge on any atom is -0.322 e. The molecular weight excluding hydrogens is 346 g/mol. The normalized spacial score (nSPS) is 16.1. The number of benzene rings is 2. The third kappa shape index (κ3) is 2.87. The van der Waals surface area contributed by atoms with Crippen molar-refractivity contribution in [3.8, 4) is 0 Å². The number of nitrogens with zero attached hydrogens (tertiary/aromatic N) is 2. The molecule has 0 bridgehead atoms. The van der Waals surface area contributed by atoms with Crippen molar-refractivity contribution < 1.29 is 19.2 Å². The molecule has 136 valence electrons. The highest BCUT2D eigenvalue weighted by Crippen LogP contribution is 2.26. The van der Waals surface area contributed by atoms with E-state index in [2.05, 4.69) is 5.32 Å². The third-order valence-electron chi connectivity index (χ3n) is 4.84. The van der Waals surface area contributed by atoms with Crippen LogP contribution in [0.1, 0.15) is 43.9 Å². The molecule has 2 aromatic carbocycles. The molecule has 1 saturated heterocycles. The maximum absolute atomic E-state index is 12.6. The Morgan fingerprint density at radius 1 is 1.00 bits per heavy atom. The highest BCUT2D eigenvalue weighted by molar-refractivity contribution is 6.22. The molecule has 7 heteroatoms. The molecule has 0 unspecified atom stereocenters. The fraction of sp³-hybridized carbons (Fsp3) is 0.200. The summed E-state index contributed by atoms with van der Waals surface area (Å²) in [6.07, 6.45) is 1.36. The van der Waals surface area contributed by atoms with Crippen molar-refractivity contribution in [3.63, 3.8) is 0 Å². The molecule has 2 aliphatic rings. The molecule has 0 aromatic heterocycles. The van der Waals surface area contributed by atoms with E-state index in [1.165, 1.54) is 25.2 Å². The summed E-state index contributed by atoms with van der Waals surface area (Å²) in [6.45, 7) is 0.671. The first-order chi connectivity index (χ1) is 13.0. The Hall–Kier alpha value is -3.48. The van der Waals surface area contributed by atoms with Crippen molar-refractivity contribution in [2.24, 2.45) is 0 Å². The molecule has 0 aliphatic carbocycles. The number of nitrogens with one attached hydrogen (secondary N) is 1. The minimum atomic E-state index is -0.417. The molecule has 2 aromatic rings. The second-order valence-corrected chi connectivity index (χ2v) is 6.58. The SMILES string of the molecule is CN1C(=O)c2ccc(C(=O)Nc3cccc(N4CCCC4=O)c3)cc2C1=O. The van der Waals surface area contributed by atoms with Gasteiger partial charge in [0.2, 0.25) is 5.91 Å². The molecule has 0 atom stereocenters. The number of hydrogen-bond acceptors (Lipinski definition) is 4. The Balaban J connectivity index is 1.56. The number of carbonyl (C=O) groups is 4. The van der Waals surface area contributed by atoms with E-state index in [1.807, 2.05) is 6.07 Å². The zero-order valence-electron chi connectivity index (χ0n) is 14.7. The first kappa shape index (κ1) is 17.0. The number of carbonyl (C=O) groups excluding carboxylic acids is 4. The van der Waals surface area contributed by atoms with E-state index in [4.69, 9.17) is 0 Å². The lowest BCUT2D eigenvalue weighted by molar-refractivity contribution is -0.117. The van der Waals surface area contributed by atoms with E-state index in [1.54, 1.807) is 23.1 Å². The standard InChI is InChI=1S/C20H17N3O4/c1-22-19(26)15-8-7-12(10-16(15)20(22)27)18(25)21-13-4-2-5-14(11-13)23-9-3-6-17(23)24/h2,4-5,7-8,10-11H,3,6,9H2,1H3,(H,21,25). The van der Waals surface area contributed by atoms with Gasteiger partial charge in [0, 0.05) is 37.0 Å². The summed E-state index contributed by atoms with van der Waals surface area (Å²) < 4.78 is 0. The second-order valence-electron chi connectivity index (χ2n) is 6.58. The number of fused-ring (bicyclic) bond motifs is 1. The topological polar surface area (TPSA) is 86.8 Å². The van der Waals surface area contributed by atoms with E-state index in [0.29, 0.717) is 24.2 Å². The van der Waals surface area contributed by atoms with Crippen LogP contribution in [0.2, 0.25) is 0 Å². The van der Waals surface area contributed by atoms with E-state index in [9.17, 15) is 19.2 Å². The van der Waals surface area contributed by atoms with Crippen LogP contribution in [-0.2, 0) is 4.79 Å². The first-order valence-corrected chi connectivity index (χ1v) is 8.64. The molecule has 27 heavy (non-hydrogen) atoms. The molecule has 2 aliphatic heterocycles. The van der Waals surface area contributed by atoms with Gasteiger partial charge < -0.3 is 10.2 Å². The Morgan fingerprint density at radius 2 is 1.78 bits per heavy atom. The lowest BCUT2D eigenvalue weighted by atomic mass is 10.1. The van der Waals surface area contributed by atoms with Crippen LogP contribution in [0.4, 0.5) is 11.4 Å². The quantitative estimate of drug-likeness (QED) is 0.848. The Kier molecular flexibility index (Phi) is 3.99. The molecular formula is C20H17N3O4. The van der Waals surface area contributed by atoms with Gasteiger partial charge in [0.15, 0.2) is 0 Å². The van der Waals surface area contributed by atoms with Gasteiger partial charge in [0.25, 0.3) is 17.7 Å². The van der Waals surface area contributed by atoms with Crippen LogP contribution in [0, 0.1) is 0 Å². The van der Waals surface area contributed by atoms with E-state index in [-0.39, 0.29) is 22.9 Å². The fourth-order valence-corrected chi connectivity index (χ4v) is 3.38. The molecule has 2 heterocycles. The molecule has 7 nitrogen and oxygen atoms in total. The van der Waals surface area contributed by atoms with Crippen LogP contribution >= 0.6 is 0 Å². The summed E-state index contributed by atoms with van der Waals surface area (Å²) in [4.78, 5) is 51.2. The Morgan fingerprint density at radius 3 is 2.52 bits per heavy atom. The molecule has 0 spiro atoms. The maximum Gasteiger partial charge on any atom is 0.261 e. The van der Waals surface area contributed by atoms with Crippen molar-refractivity contribution >= 4 is 35.0 Å². The van der Waals surface area contributed by atoms with E-state index in [0.717, 1.165) is 17.0 Å². The van der Waals surface area contributed by atoms with Crippen molar-refractivity contribution in [2.45, 2.75) is 12.8 Å². The molecule has 4 amide bonds. The van der Waals surface area contributed by atoms with Crippen molar-refractivity contribution in [3.05, 3.63) is 59.2 Å². The van der Waals surface area contributed by atoms with Crippen LogP contribution in [0.25, 0.3) is 0 Å². The van der Waals surface area contributed by atoms with Crippen molar-refractivity contribution in [1.82, 2.24) is 4.90 Å². The van der Waals surface area contributed by atoms with Crippen LogP contribution in [0.15, 0.2) is 42.5 Å². The van der Waals surface area contributed by atoms with Gasteiger partial charge in [-0.3, -0.25) is 24.1 Å². The van der Waals surface area contributed by atoms with Crippen molar-refractivity contribution in [1.29, 1.82) is 0 Å².